The van der Waals surface area contributed by atoms with Crippen LogP contribution < -0.4 is 5.32 Å². The Hall–Kier alpha value is -0.290. The fraction of sp³-hybridized carbons (Fsp3) is 1.00. The first kappa shape index (κ1) is 13.8. The van der Waals surface area contributed by atoms with Crippen molar-refractivity contribution >= 4 is 0 Å². The highest BCUT2D eigenvalue weighted by Gasteiger charge is 2.29. The average molecular weight is 238 g/mol. The SMILES string of the molecule is CCC1CCCN1C(C)CNCC(F)(F)F. The molecule has 0 saturated carbocycles. The van der Waals surface area contributed by atoms with Gasteiger partial charge >= 0.3 is 6.18 Å². The number of nitrogens with one attached hydrogen (secondary N) is 1. The molecule has 1 N–H and O–H groups in total. The van der Waals surface area contributed by atoms with Gasteiger partial charge in [-0.3, -0.25) is 4.90 Å². The second-order valence-electron chi connectivity index (χ2n) is 4.54. The lowest BCUT2D eigenvalue weighted by Crippen LogP contribution is -2.44. The van der Waals surface area contributed by atoms with Gasteiger partial charge in [-0.25, -0.2) is 0 Å². The van der Waals surface area contributed by atoms with Gasteiger partial charge in [0.1, 0.15) is 0 Å². The van der Waals surface area contributed by atoms with E-state index in [1.54, 1.807) is 0 Å². The first-order chi connectivity index (χ1) is 7.44. The van der Waals surface area contributed by atoms with Crippen molar-refractivity contribution < 1.29 is 13.2 Å². The van der Waals surface area contributed by atoms with Crippen LogP contribution in [0.25, 0.3) is 0 Å². The molecule has 2 atom stereocenters. The smallest absolute Gasteiger partial charge is 0.307 e. The minimum absolute atomic E-state index is 0.190. The molecule has 16 heavy (non-hydrogen) atoms. The van der Waals surface area contributed by atoms with Crippen molar-refractivity contribution in [2.75, 3.05) is 19.6 Å². The van der Waals surface area contributed by atoms with Crippen LogP contribution in [-0.4, -0.2) is 42.8 Å². The van der Waals surface area contributed by atoms with Crippen LogP contribution in [0, 0.1) is 0 Å². The standard InChI is InChI=1S/C11H21F3N2/c1-3-10-5-4-6-16(10)9(2)7-15-8-11(12,13)14/h9-10,15H,3-8H2,1-2H3. The molecule has 0 amide bonds. The summed E-state index contributed by atoms with van der Waals surface area (Å²) in [4.78, 5) is 2.32. The van der Waals surface area contributed by atoms with Gasteiger partial charge in [0.15, 0.2) is 0 Å². The lowest BCUT2D eigenvalue weighted by Gasteiger charge is -2.30. The predicted octanol–water partition coefficient (Wildman–Crippen LogP) is 2.40. The van der Waals surface area contributed by atoms with E-state index in [1.165, 1.54) is 12.8 Å². The lowest BCUT2D eigenvalue weighted by atomic mass is 10.1. The summed E-state index contributed by atoms with van der Waals surface area (Å²) in [5.74, 6) is 0. The maximum atomic E-state index is 12.0. The zero-order chi connectivity index (χ0) is 12.2. The number of nitrogens with zero attached hydrogens (tertiary/aromatic N) is 1. The van der Waals surface area contributed by atoms with Gasteiger partial charge in [-0.15, -0.1) is 0 Å². The van der Waals surface area contributed by atoms with Crippen LogP contribution >= 0.6 is 0 Å². The van der Waals surface area contributed by atoms with Gasteiger partial charge in [0.25, 0.3) is 0 Å². The molecule has 1 saturated heterocycles. The molecule has 5 heteroatoms. The molecule has 0 aromatic rings. The van der Waals surface area contributed by atoms with Crippen LogP contribution in [0.1, 0.15) is 33.1 Å². The van der Waals surface area contributed by atoms with Crippen LogP contribution in [0.15, 0.2) is 0 Å². The fourth-order valence-electron chi connectivity index (χ4n) is 2.42. The van der Waals surface area contributed by atoms with E-state index in [2.05, 4.69) is 17.1 Å². The second kappa shape index (κ2) is 5.87. The third kappa shape index (κ3) is 4.29. The highest BCUT2D eigenvalue weighted by molar-refractivity contribution is 4.83. The normalized spacial score (nSPS) is 24.9. The van der Waals surface area contributed by atoms with Crippen molar-refractivity contribution in [2.45, 2.75) is 51.4 Å². The molecular formula is C11H21F3N2. The van der Waals surface area contributed by atoms with Gasteiger partial charge < -0.3 is 5.32 Å². The minimum atomic E-state index is -4.10. The van der Waals surface area contributed by atoms with E-state index in [0.717, 1.165) is 13.0 Å². The van der Waals surface area contributed by atoms with Gasteiger partial charge in [0.2, 0.25) is 0 Å². The van der Waals surface area contributed by atoms with Crippen LogP contribution in [-0.2, 0) is 0 Å². The summed E-state index contributed by atoms with van der Waals surface area (Å²) in [7, 11) is 0. The molecule has 1 fully saturated rings. The first-order valence-electron chi connectivity index (χ1n) is 5.97. The molecule has 0 aromatic heterocycles. The number of rotatable bonds is 5. The second-order valence-corrected chi connectivity index (χ2v) is 4.54. The summed E-state index contributed by atoms with van der Waals surface area (Å²) in [5, 5.41) is 2.48. The summed E-state index contributed by atoms with van der Waals surface area (Å²) in [6, 6.07) is 0.748. The van der Waals surface area contributed by atoms with E-state index in [1.807, 2.05) is 6.92 Å². The summed E-state index contributed by atoms with van der Waals surface area (Å²) >= 11 is 0. The number of hydrogen-bond donors (Lipinski definition) is 1. The number of hydrogen-bond acceptors (Lipinski definition) is 2. The zero-order valence-electron chi connectivity index (χ0n) is 9.98. The Kier molecular flexibility index (Phi) is 5.05. The Morgan fingerprint density at radius 1 is 1.44 bits per heavy atom. The maximum Gasteiger partial charge on any atom is 0.401 e. The van der Waals surface area contributed by atoms with Gasteiger partial charge in [-0.05, 0) is 32.7 Å². The molecule has 0 spiro atoms. The Balaban J connectivity index is 2.26. The predicted molar refractivity (Wildman–Crippen MR) is 58.4 cm³/mol. The molecule has 2 unspecified atom stereocenters. The third-order valence-electron chi connectivity index (χ3n) is 3.23. The summed E-state index contributed by atoms with van der Waals surface area (Å²) in [6.07, 6.45) is -0.666. The molecule has 0 bridgehead atoms. The molecule has 2 nitrogen and oxygen atoms in total. The van der Waals surface area contributed by atoms with Crippen molar-refractivity contribution in [3.05, 3.63) is 0 Å². The number of alkyl halides is 3. The van der Waals surface area contributed by atoms with Crippen LogP contribution in [0.4, 0.5) is 13.2 Å². The van der Waals surface area contributed by atoms with E-state index in [4.69, 9.17) is 0 Å². The molecule has 0 radical (unpaired) electrons. The number of halogens is 3. The van der Waals surface area contributed by atoms with E-state index >= 15 is 0 Å². The van der Waals surface area contributed by atoms with Crippen molar-refractivity contribution in [3.63, 3.8) is 0 Å². The van der Waals surface area contributed by atoms with Crippen molar-refractivity contribution in [1.29, 1.82) is 0 Å². The summed E-state index contributed by atoms with van der Waals surface area (Å²) < 4.78 is 35.9. The van der Waals surface area contributed by atoms with E-state index in [-0.39, 0.29) is 6.04 Å². The summed E-state index contributed by atoms with van der Waals surface area (Å²) in [5.41, 5.74) is 0. The van der Waals surface area contributed by atoms with Crippen LogP contribution in [0.3, 0.4) is 0 Å². The monoisotopic (exact) mass is 238 g/mol. The molecular weight excluding hydrogens is 217 g/mol. The quantitative estimate of drug-likeness (QED) is 0.791. The zero-order valence-corrected chi connectivity index (χ0v) is 9.98. The van der Waals surface area contributed by atoms with Gasteiger partial charge in [0, 0.05) is 18.6 Å². The Morgan fingerprint density at radius 3 is 2.69 bits per heavy atom. The molecule has 1 aliphatic rings. The molecule has 1 rings (SSSR count). The fourth-order valence-corrected chi connectivity index (χ4v) is 2.42. The van der Waals surface area contributed by atoms with Crippen molar-refractivity contribution in [1.82, 2.24) is 10.2 Å². The van der Waals surface area contributed by atoms with Crippen molar-refractivity contribution in [3.8, 4) is 0 Å². The third-order valence-corrected chi connectivity index (χ3v) is 3.23. The Labute approximate surface area is 95.2 Å². The van der Waals surface area contributed by atoms with E-state index in [0.29, 0.717) is 12.6 Å². The highest BCUT2D eigenvalue weighted by atomic mass is 19.4. The van der Waals surface area contributed by atoms with E-state index < -0.39 is 12.7 Å². The van der Waals surface area contributed by atoms with Gasteiger partial charge in [-0.1, -0.05) is 6.92 Å². The first-order valence-corrected chi connectivity index (χ1v) is 5.97. The number of likely N-dealkylation sites (tertiary alicyclic amines) is 1. The van der Waals surface area contributed by atoms with Crippen molar-refractivity contribution in [2.24, 2.45) is 0 Å². The average Bonchev–Trinajstić information content (AvgIpc) is 2.63. The van der Waals surface area contributed by atoms with Crippen LogP contribution in [0.2, 0.25) is 0 Å². The largest absolute Gasteiger partial charge is 0.401 e. The highest BCUT2D eigenvalue weighted by Crippen LogP contribution is 2.22. The Morgan fingerprint density at radius 2 is 2.12 bits per heavy atom. The summed E-state index contributed by atoms with van der Waals surface area (Å²) in [6.45, 7) is 4.68. The molecule has 96 valence electrons. The molecule has 0 aliphatic carbocycles. The van der Waals surface area contributed by atoms with Gasteiger partial charge in [0.05, 0.1) is 6.54 Å². The molecule has 1 heterocycles. The lowest BCUT2D eigenvalue weighted by molar-refractivity contribution is -0.125. The van der Waals surface area contributed by atoms with Crippen LogP contribution in [0.5, 0.6) is 0 Å². The topological polar surface area (TPSA) is 15.3 Å². The molecule has 0 aromatic carbocycles. The van der Waals surface area contributed by atoms with Gasteiger partial charge in [-0.2, -0.15) is 13.2 Å². The van der Waals surface area contributed by atoms with E-state index in [9.17, 15) is 13.2 Å². The maximum absolute atomic E-state index is 12.0. The Bertz CT molecular complexity index is 206. The minimum Gasteiger partial charge on any atom is -0.307 e. The molecule has 1 aliphatic heterocycles.